The third-order valence-electron chi connectivity index (χ3n) is 13.2. The van der Waals surface area contributed by atoms with Crippen molar-refractivity contribution in [1.82, 2.24) is 9.29 Å². The molecular weight excluding hydrogens is 953 g/mol. The Balaban J connectivity index is 0.000000165. The molecule has 5 aromatic carbocycles. The molecule has 14 nitrogen and oxygen atoms in total. The van der Waals surface area contributed by atoms with Crippen molar-refractivity contribution in [2.24, 2.45) is 5.73 Å². The molecule has 1 aromatic heterocycles. The number of hydrogen-bond acceptors (Lipinski definition) is 9. The molecule has 0 saturated carbocycles. The Morgan fingerprint density at radius 1 is 0.608 bits per heavy atom. The predicted octanol–water partition coefficient (Wildman–Crippen LogP) is 10.2. The minimum absolute atomic E-state index is 0.00919. The lowest BCUT2D eigenvalue weighted by molar-refractivity contribution is -0.119. The Morgan fingerprint density at radius 3 is 1.72 bits per heavy atom. The molecule has 3 aliphatic heterocycles. The molecule has 2 atom stereocenters. The smallest absolute Gasteiger partial charge is 0.251 e. The second-order valence-electron chi connectivity index (χ2n) is 18.9. The topological polar surface area (TPSA) is 198 Å². The minimum atomic E-state index is -3.57. The van der Waals surface area contributed by atoms with Crippen LogP contribution in [0.25, 0.3) is 10.9 Å². The number of sulfonamides is 1. The summed E-state index contributed by atoms with van der Waals surface area (Å²) in [4.78, 5) is 73.2. The van der Waals surface area contributed by atoms with Gasteiger partial charge in [0.25, 0.3) is 5.56 Å². The molecule has 2 unspecified atom stereocenters. The van der Waals surface area contributed by atoms with Gasteiger partial charge < -0.3 is 25.4 Å². The molecule has 4 N–H and O–H groups in total. The van der Waals surface area contributed by atoms with Crippen molar-refractivity contribution < 1.29 is 32.4 Å². The first-order chi connectivity index (χ1) is 35.3. The zero-order chi connectivity index (χ0) is 53.7. The third-order valence-corrected chi connectivity index (χ3v) is 14.7. The van der Waals surface area contributed by atoms with Gasteiger partial charge in [-0.15, -0.1) is 0 Å². The Labute approximate surface area is 435 Å². The number of nitrogens with two attached hydrogens (primary N) is 1. The molecule has 0 aliphatic carbocycles. The van der Waals surface area contributed by atoms with Crippen LogP contribution in [0.3, 0.4) is 0 Å². The highest BCUT2D eigenvalue weighted by molar-refractivity contribution is 7.89. The molecule has 15 heteroatoms. The van der Waals surface area contributed by atoms with Crippen molar-refractivity contribution in [3.05, 3.63) is 165 Å². The van der Waals surface area contributed by atoms with Crippen molar-refractivity contribution in [3.8, 4) is 0 Å². The van der Waals surface area contributed by atoms with Crippen LogP contribution in [0.4, 0.5) is 17.1 Å². The monoisotopic (exact) mass is 1020 g/mol. The molecule has 0 fully saturated rings. The van der Waals surface area contributed by atoms with Crippen molar-refractivity contribution in [2.75, 3.05) is 28.2 Å². The number of aryl methyl sites for hydroxylation is 4. The van der Waals surface area contributed by atoms with E-state index in [1.54, 1.807) is 79.1 Å². The molecule has 9 rings (SSSR count). The summed E-state index contributed by atoms with van der Waals surface area (Å²) in [5.41, 5.74) is 16.5. The molecule has 390 valence electrons. The molecular formula is C59H70N6O8S. The Kier molecular flexibility index (Phi) is 19.6. The van der Waals surface area contributed by atoms with Crippen molar-refractivity contribution in [1.29, 1.82) is 0 Å². The lowest BCUT2D eigenvalue weighted by Crippen LogP contribution is -2.35. The van der Waals surface area contributed by atoms with Gasteiger partial charge in [-0.05, 0) is 166 Å². The van der Waals surface area contributed by atoms with Crippen LogP contribution in [0, 0.1) is 0 Å². The van der Waals surface area contributed by atoms with Gasteiger partial charge in [0.05, 0.1) is 10.4 Å². The molecule has 4 heterocycles. The predicted molar refractivity (Wildman–Crippen MR) is 294 cm³/mol. The van der Waals surface area contributed by atoms with Crippen LogP contribution < -0.4 is 31.1 Å². The molecule has 3 amide bonds. The van der Waals surface area contributed by atoms with E-state index in [1.165, 1.54) is 5.56 Å². The van der Waals surface area contributed by atoms with Crippen LogP contribution >= 0.6 is 0 Å². The molecule has 6 aromatic rings. The number of carbonyl (C=O) groups is 5. The largest absolute Gasteiger partial charge is 0.326 e. The van der Waals surface area contributed by atoms with Crippen LogP contribution in [-0.4, -0.2) is 55.4 Å². The van der Waals surface area contributed by atoms with Crippen LogP contribution in [0.15, 0.2) is 125 Å². The van der Waals surface area contributed by atoms with Gasteiger partial charge in [0.15, 0.2) is 11.6 Å². The maximum absolute atomic E-state index is 12.5. The number of fused-ring (bicyclic) bond motifs is 4. The summed E-state index contributed by atoms with van der Waals surface area (Å²) in [7, 11) is -3.57. The fourth-order valence-corrected chi connectivity index (χ4v) is 10.5. The molecule has 0 saturated heterocycles. The number of carbonyl (C=O) groups excluding carboxylic acids is 5. The summed E-state index contributed by atoms with van der Waals surface area (Å²) in [6.07, 6.45) is 6.69. The molecule has 74 heavy (non-hydrogen) atoms. The number of nitrogens with zero attached hydrogens (tertiary/aromatic N) is 3. The number of benzene rings is 5. The van der Waals surface area contributed by atoms with E-state index < -0.39 is 10.0 Å². The van der Waals surface area contributed by atoms with Crippen molar-refractivity contribution in [2.45, 2.75) is 130 Å². The maximum atomic E-state index is 12.5. The normalized spacial score (nSPS) is 14.6. The zero-order valence-corrected chi connectivity index (χ0v) is 44.5. The first-order valence-corrected chi connectivity index (χ1v) is 27.1. The van der Waals surface area contributed by atoms with Crippen molar-refractivity contribution in [3.63, 3.8) is 0 Å². The highest BCUT2D eigenvalue weighted by Gasteiger charge is 2.26. The number of nitrogens with one attached hydrogen (secondary N) is 2. The van der Waals surface area contributed by atoms with E-state index in [4.69, 9.17) is 5.73 Å². The molecule has 0 bridgehead atoms. The molecule has 0 radical (unpaired) electrons. The zero-order valence-electron chi connectivity index (χ0n) is 43.7. The number of amides is 3. The second-order valence-corrected chi connectivity index (χ2v) is 20.7. The van der Waals surface area contributed by atoms with E-state index in [2.05, 4.69) is 30.0 Å². The van der Waals surface area contributed by atoms with E-state index in [9.17, 15) is 37.2 Å². The maximum Gasteiger partial charge on any atom is 0.251 e. The van der Waals surface area contributed by atoms with Gasteiger partial charge in [0.1, 0.15) is 0 Å². The lowest BCUT2D eigenvalue weighted by Gasteiger charge is -2.30. The Bertz CT molecular complexity index is 3190. The lowest BCUT2D eigenvalue weighted by atomic mass is 9.96. The van der Waals surface area contributed by atoms with Gasteiger partial charge in [-0.1, -0.05) is 63.2 Å². The van der Waals surface area contributed by atoms with Gasteiger partial charge in [0.2, 0.25) is 27.7 Å². The third kappa shape index (κ3) is 14.2. The van der Waals surface area contributed by atoms with Gasteiger partial charge in [-0.25, -0.2) is 13.1 Å². The van der Waals surface area contributed by atoms with Crippen LogP contribution in [0.1, 0.15) is 148 Å². The standard InChI is InChI=1S/C20H24N2O3S.C14H20N2O.C14H15NO2.C11H11NO2/c1-3-13-22-19-11-9-16(14-17(19)10-12-20(22)23)15(2)21-26(24,25)18-7-5-4-6-8-18;1-3-8-16-13-6-4-11(10(2)15)9-12(13)5-7-14(16)17;1-3-8-15-13-6-4-11(10(2)16)9-12(13)5-7-14(15)17;1-7(13)8-2-4-10-9(6-8)3-5-11(14)12-10/h4-9,11,14-15,21H,3,10,12-13H2,1-2H3;4,6,9-10H,3,5,7-8,15H2,1-2H3;4-7,9H,3,8H2,1-2H3;2,4,6H,3,5H2,1H3,(H,12,14). The summed E-state index contributed by atoms with van der Waals surface area (Å²) in [6, 6.07) is 34.3. The molecule has 3 aliphatic rings. The second kappa shape index (κ2) is 25.7. The number of anilines is 3. The van der Waals surface area contributed by atoms with E-state index in [1.807, 2.05) is 79.1 Å². The summed E-state index contributed by atoms with van der Waals surface area (Å²) >= 11 is 0. The average molecular weight is 1020 g/mol. The first kappa shape index (κ1) is 56.2. The fraction of sp³-hybridized carbons (Fsp3) is 0.356. The summed E-state index contributed by atoms with van der Waals surface area (Å²) < 4.78 is 29.5. The minimum Gasteiger partial charge on any atom is -0.326 e. The number of aromatic nitrogens is 1. The summed E-state index contributed by atoms with van der Waals surface area (Å²) in [6.45, 7) is 15.3. The fourth-order valence-electron chi connectivity index (χ4n) is 9.20. The van der Waals surface area contributed by atoms with Crippen LogP contribution in [-0.2, 0) is 50.2 Å². The Morgan fingerprint density at radius 2 is 1.15 bits per heavy atom. The molecule has 0 spiro atoms. The number of hydrogen-bond donors (Lipinski definition) is 3. The van der Waals surface area contributed by atoms with Crippen LogP contribution in [0.5, 0.6) is 0 Å². The SMILES string of the molecule is CC(=O)c1ccc2c(c1)CCC(=O)N2.CCCN1C(=O)CCc2cc(C(C)N)ccc21.CCCN1C(=O)CCc2cc(C(C)NS(=O)(=O)c3ccccc3)ccc21.CCCn1c(=O)ccc2cc(C(C)=O)ccc21. The number of pyridine rings is 1. The van der Waals surface area contributed by atoms with E-state index in [-0.39, 0.29) is 51.8 Å². The van der Waals surface area contributed by atoms with Gasteiger partial charge in [-0.2, -0.15) is 0 Å². The van der Waals surface area contributed by atoms with Gasteiger partial charge in [-0.3, -0.25) is 28.8 Å². The average Bonchev–Trinajstić information content (AvgIpc) is 3.39. The number of ketones is 2. The van der Waals surface area contributed by atoms with E-state index >= 15 is 0 Å². The highest BCUT2D eigenvalue weighted by Crippen LogP contribution is 2.32. The highest BCUT2D eigenvalue weighted by atomic mass is 32.2. The summed E-state index contributed by atoms with van der Waals surface area (Å²) in [5.74, 6) is 0.552. The van der Waals surface area contributed by atoms with Crippen LogP contribution in [0.2, 0.25) is 0 Å². The number of Topliss-reactive ketones (excluding diaryl/α,β-unsaturated/α-hetero) is 2. The van der Waals surface area contributed by atoms with Gasteiger partial charge in [0, 0.05) is 85.2 Å². The first-order valence-electron chi connectivity index (χ1n) is 25.6. The van der Waals surface area contributed by atoms with Crippen molar-refractivity contribution >= 4 is 67.3 Å². The summed E-state index contributed by atoms with van der Waals surface area (Å²) in [5, 5.41) is 3.71. The quantitative estimate of drug-likeness (QED) is 0.0943. The number of rotatable bonds is 13. The van der Waals surface area contributed by atoms with E-state index in [0.29, 0.717) is 49.9 Å². The Hall–Kier alpha value is -7.07. The van der Waals surface area contributed by atoms with E-state index in [0.717, 1.165) is 88.9 Å². The van der Waals surface area contributed by atoms with Gasteiger partial charge >= 0.3 is 0 Å².